The summed E-state index contributed by atoms with van der Waals surface area (Å²) in [7, 11) is 3.48. The van der Waals surface area contributed by atoms with Gasteiger partial charge in [0.15, 0.2) is 0 Å². The summed E-state index contributed by atoms with van der Waals surface area (Å²) in [4.78, 5) is 10.1. The van der Waals surface area contributed by atoms with E-state index in [0.29, 0.717) is 13.0 Å². The van der Waals surface area contributed by atoms with E-state index in [1.165, 1.54) is 0 Å². The van der Waals surface area contributed by atoms with E-state index in [4.69, 9.17) is 5.11 Å². The van der Waals surface area contributed by atoms with Crippen molar-refractivity contribution >= 4 is 5.97 Å². The van der Waals surface area contributed by atoms with Crippen molar-refractivity contribution < 1.29 is 18.8 Å². The number of carboxylic acids is 1. The largest absolute Gasteiger partial charge is 0.481 e. The second kappa shape index (κ2) is 4.28. The predicted molar refractivity (Wildman–Crippen MR) is 39.8 cm³/mol. The molecule has 4 heteroatoms. The number of alkyl halides is 1. The van der Waals surface area contributed by atoms with Gasteiger partial charge in [0, 0.05) is 6.42 Å². The molecule has 0 spiro atoms. The average Bonchev–Trinajstić information content (AvgIpc) is 1.87. The van der Waals surface area contributed by atoms with Crippen molar-refractivity contribution in [2.75, 3.05) is 27.4 Å². The number of hydrogen-bond donors (Lipinski definition) is 1. The first-order valence-corrected chi connectivity index (χ1v) is 3.58. The Morgan fingerprint density at radius 3 is 2.45 bits per heavy atom. The molecular formula is C7H15FNO2+. The van der Waals surface area contributed by atoms with Gasteiger partial charge < -0.3 is 9.59 Å². The van der Waals surface area contributed by atoms with Crippen molar-refractivity contribution in [1.82, 2.24) is 0 Å². The molecule has 11 heavy (non-hydrogen) atoms. The minimum Gasteiger partial charge on any atom is -0.481 e. The van der Waals surface area contributed by atoms with Crippen LogP contribution in [0, 0.1) is 0 Å². The lowest BCUT2D eigenvalue weighted by Crippen LogP contribution is -2.39. The number of aliphatic carboxylic acids is 1. The van der Waals surface area contributed by atoms with Crippen molar-refractivity contribution in [3.05, 3.63) is 0 Å². The summed E-state index contributed by atoms with van der Waals surface area (Å²) in [6.45, 7) is 0.127. The summed E-state index contributed by atoms with van der Waals surface area (Å²) in [5, 5.41) is 8.28. The Morgan fingerprint density at radius 1 is 1.55 bits per heavy atom. The molecule has 0 aromatic heterocycles. The van der Waals surface area contributed by atoms with Gasteiger partial charge in [-0.05, 0) is 0 Å². The highest BCUT2D eigenvalue weighted by molar-refractivity contribution is 5.66. The number of carbonyl (C=O) groups is 1. The lowest BCUT2D eigenvalue weighted by Gasteiger charge is -2.25. The second-order valence-electron chi connectivity index (χ2n) is 3.28. The Labute approximate surface area is 66.0 Å². The number of rotatable bonds is 5. The monoisotopic (exact) mass is 164 g/mol. The van der Waals surface area contributed by atoms with Crippen LogP contribution in [0.1, 0.15) is 12.8 Å². The van der Waals surface area contributed by atoms with Crippen LogP contribution in [0.4, 0.5) is 4.39 Å². The lowest BCUT2D eigenvalue weighted by atomic mass is 10.3. The van der Waals surface area contributed by atoms with Crippen LogP contribution in [-0.2, 0) is 4.79 Å². The maximum absolute atomic E-state index is 12.1. The van der Waals surface area contributed by atoms with Crippen molar-refractivity contribution in [2.45, 2.75) is 12.8 Å². The summed E-state index contributed by atoms with van der Waals surface area (Å²) < 4.78 is 12.4. The van der Waals surface area contributed by atoms with Crippen LogP contribution >= 0.6 is 0 Å². The molecule has 0 bridgehead atoms. The van der Waals surface area contributed by atoms with Gasteiger partial charge in [-0.15, -0.1) is 0 Å². The Kier molecular flexibility index (Phi) is 4.03. The number of carboxylic acid groups (broad SMARTS) is 1. The third kappa shape index (κ3) is 5.79. The number of nitrogens with zero attached hydrogens (tertiary/aromatic N) is 1. The van der Waals surface area contributed by atoms with E-state index < -0.39 is 12.8 Å². The fraction of sp³-hybridized carbons (Fsp3) is 0.857. The van der Waals surface area contributed by atoms with Crippen LogP contribution in [0.2, 0.25) is 0 Å². The Hall–Kier alpha value is -0.640. The lowest BCUT2D eigenvalue weighted by molar-refractivity contribution is -0.902. The van der Waals surface area contributed by atoms with Crippen LogP contribution in [0.25, 0.3) is 0 Å². The first-order valence-electron chi connectivity index (χ1n) is 3.58. The zero-order valence-corrected chi connectivity index (χ0v) is 7.01. The summed E-state index contributed by atoms with van der Waals surface area (Å²) in [5.74, 6) is -0.816. The molecule has 0 aliphatic carbocycles. The van der Waals surface area contributed by atoms with Gasteiger partial charge in [-0.2, -0.15) is 4.39 Å². The molecule has 0 aromatic carbocycles. The van der Waals surface area contributed by atoms with Gasteiger partial charge in [0.2, 0.25) is 6.80 Å². The van der Waals surface area contributed by atoms with Crippen LogP contribution in [0.5, 0.6) is 0 Å². The van der Waals surface area contributed by atoms with E-state index in [9.17, 15) is 9.18 Å². The maximum atomic E-state index is 12.1. The van der Waals surface area contributed by atoms with Gasteiger partial charge >= 0.3 is 5.97 Å². The molecule has 66 valence electrons. The van der Waals surface area contributed by atoms with Crippen molar-refractivity contribution in [3.63, 3.8) is 0 Å². The van der Waals surface area contributed by atoms with Crippen LogP contribution in [0.3, 0.4) is 0 Å². The van der Waals surface area contributed by atoms with Crippen molar-refractivity contribution in [1.29, 1.82) is 0 Å². The standard InChI is InChI=1S/C7H14FNO2/c1-9(2,6-8)5-3-4-7(10)11/h3-6H2,1-2H3/p+1. The van der Waals surface area contributed by atoms with Gasteiger partial charge in [-0.3, -0.25) is 4.79 Å². The predicted octanol–water partition coefficient (Wildman–Crippen LogP) is 0.855. The summed E-state index contributed by atoms with van der Waals surface area (Å²) in [6.07, 6.45) is 0.661. The molecule has 0 unspecified atom stereocenters. The SMILES string of the molecule is C[N+](C)(CF)CCCC(=O)O. The molecular weight excluding hydrogens is 149 g/mol. The second-order valence-corrected chi connectivity index (χ2v) is 3.28. The van der Waals surface area contributed by atoms with Crippen LogP contribution < -0.4 is 0 Å². The summed E-state index contributed by atoms with van der Waals surface area (Å²) in [6, 6.07) is 0. The zero-order chi connectivity index (χ0) is 8.91. The number of quaternary nitrogens is 1. The molecule has 0 atom stereocenters. The summed E-state index contributed by atoms with van der Waals surface area (Å²) in [5.41, 5.74) is 0. The van der Waals surface area contributed by atoms with Crippen LogP contribution in [-0.4, -0.2) is 43.0 Å². The van der Waals surface area contributed by atoms with Gasteiger partial charge in [-0.1, -0.05) is 0 Å². The normalized spacial score (nSPS) is 11.5. The quantitative estimate of drug-likeness (QED) is 0.483. The fourth-order valence-electron chi connectivity index (χ4n) is 0.718. The fourth-order valence-corrected chi connectivity index (χ4v) is 0.718. The minimum absolute atomic E-state index is 0.127. The van der Waals surface area contributed by atoms with Crippen molar-refractivity contribution in [2.24, 2.45) is 0 Å². The first kappa shape index (κ1) is 10.4. The Bertz CT molecular complexity index is 136. The third-order valence-electron chi connectivity index (χ3n) is 1.48. The minimum atomic E-state index is -0.816. The highest BCUT2D eigenvalue weighted by Gasteiger charge is 2.13. The zero-order valence-electron chi connectivity index (χ0n) is 7.01. The smallest absolute Gasteiger partial charge is 0.303 e. The molecule has 0 saturated carbocycles. The molecule has 0 aliphatic rings. The maximum Gasteiger partial charge on any atom is 0.303 e. The van der Waals surface area contributed by atoms with Gasteiger partial charge in [0.05, 0.1) is 27.1 Å². The van der Waals surface area contributed by atoms with E-state index in [2.05, 4.69) is 0 Å². The molecule has 0 radical (unpaired) electrons. The average molecular weight is 164 g/mol. The Morgan fingerprint density at radius 2 is 2.09 bits per heavy atom. The molecule has 0 fully saturated rings. The highest BCUT2D eigenvalue weighted by atomic mass is 19.1. The first-order chi connectivity index (χ1) is 4.98. The van der Waals surface area contributed by atoms with Crippen molar-refractivity contribution in [3.8, 4) is 0 Å². The van der Waals surface area contributed by atoms with E-state index >= 15 is 0 Å². The Balaban J connectivity index is 3.45. The molecule has 0 rings (SSSR count). The van der Waals surface area contributed by atoms with Gasteiger partial charge in [0.1, 0.15) is 0 Å². The van der Waals surface area contributed by atoms with Gasteiger partial charge in [0.25, 0.3) is 0 Å². The molecule has 3 nitrogen and oxygen atoms in total. The molecule has 0 heterocycles. The molecule has 0 aromatic rings. The molecule has 0 saturated heterocycles. The topological polar surface area (TPSA) is 37.3 Å². The van der Waals surface area contributed by atoms with E-state index in [1.54, 1.807) is 14.1 Å². The molecule has 0 amide bonds. The molecule has 0 aliphatic heterocycles. The number of hydrogen-bond acceptors (Lipinski definition) is 1. The highest BCUT2D eigenvalue weighted by Crippen LogP contribution is 2.01. The third-order valence-corrected chi connectivity index (χ3v) is 1.48. The van der Waals surface area contributed by atoms with E-state index in [-0.39, 0.29) is 10.9 Å². The van der Waals surface area contributed by atoms with Gasteiger partial charge in [-0.25, -0.2) is 0 Å². The van der Waals surface area contributed by atoms with E-state index in [0.717, 1.165) is 0 Å². The van der Waals surface area contributed by atoms with Crippen LogP contribution in [0.15, 0.2) is 0 Å². The number of halogens is 1. The summed E-state index contributed by atoms with van der Waals surface area (Å²) >= 11 is 0. The molecule has 1 N–H and O–H groups in total. The van der Waals surface area contributed by atoms with E-state index in [1.807, 2.05) is 0 Å².